The number of hydrogen-bond acceptors (Lipinski definition) is 4. The zero-order valence-corrected chi connectivity index (χ0v) is 12.3. The van der Waals surface area contributed by atoms with Crippen LogP contribution in [0.25, 0.3) is 0 Å². The van der Waals surface area contributed by atoms with Crippen LogP contribution in [0.15, 0.2) is 30.3 Å². The fourth-order valence-corrected chi connectivity index (χ4v) is 2.67. The van der Waals surface area contributed by atoms with Gasteiger partial charge >= 0.3 is 0 Å². The molecule has 1 N–H and O–H groups in total. The Morgan fingerprint density at radius 1 is 1.32 bits per heavy atom. The van der Waals surface area contributed by atoms with Gasteiger partial charge < -0.3 is 10.2 Å². The molecule has 0 radical (unpaired) electrons. The van der Waals surface area contributed by atoms with E-state index in [1.165, 1.54) is 11.3 Å². The van der Waals surface area contributed by atoms with Gasteiger partial charge in [0, 0.05) is 30.5 Å². The van der Waals surface area contributed by atoms with Crippen molar-refractivity contribution < 1.29 is 0 Å². The summed E-state index contributed by atoms with van der Waals surface area (Å²) in [5.41, 5.74) is 2.07. The van der Waals surface area contributed by atoms with Crippen molar-refractivity contribution in [3.8, 4) is 6.07 Å². The van der Waals surface area contributed by atoms with E-state index in [-0.39, 0.29) is 0 Å². The number of thiophene rings is 1. The second-order valence-corrected chi connectivity index (χ2v) is 5.89. The van der Waals surface area contributed by atoms with Crippen molar-refractivity contribution in [2.24, 2.45) is 0 Å². The maximum absolute atomic E-state index is 8.81. The van der Waals surface area contributed by atoms with Crippen LogP contribution in [0.1, 0.15) is 9.75 Å². The van der Waals surface area contributed by atoms with Crippen molar-refractivity contribution in [3.05, 3.63) is 45.1 Å². The highest BCUT2D eigenvalue weighted by molar-refractivity contribution is 7.12. The number of rotatable bonds is 4. The van der Waals surface area contributed by atoms with Crippen LogP contribution >= 0.6 is 22.9 Å². The zero-order chi connectivity index (χ0) is 13.8. The highest BCUT2D eigenvalue weighted by atomic mass is 35.5. The van der Waals surface area contributed by atoms with Gasteiger partial charge in [0.05, 0.1) is 11.4 Å². The minimum absolute atomic E-state index is 0.688. The molecule has 0 unspecified atom stereocenters. The van der Waals surface area contributed by atoms with Gasteiger partial charge in [-0.3, -0.25) is 0 Å². The Hall–Kier alpha value is -1.70. The van der Waals surface area contributed by atoms with Crippen LogP contribution in [0.3, 0.4) is 0 Å². The molecule has 0 fully saturated rings. The molecule has 5 heteroatoms. The standard InChI is InChI=1S/C14H14ClN3S/c1-18(2)14-6-3-10(15)7-13(14)17-9-12-5-4-11(8-16)19-12/h3-7,17H,9H2,1-2H3. The molecule has 0 aliphatic carbocycles. The van der Waals surface area contributed by atoms with E-state index in [4.69, 9.17) is 16.9 Å². The maximum Gasteiger partial charge on any atom is 0.110 e. The molecule has 0 saturated carbocycles. The second-order valence-electron chi connectivity index (χ2n) is 4.29. The number of nitriles is 1. The molecule has 2 rings (SSSR count). The van der Waals surface area contributed by atoms with Crippen molar-refractivity contribution in [2.75, 3.05) is 24.3 Å². The third-order valence-electron chi connectivity index (χ3n) is 2.67. The van der Waals surface area contributed by atoms with E-state index in [0.29, 0.717) is 11.6 Å². The quantitative estimate of drug-likeness (QED) is 0.927. The smallest absolute Gasteiger partial charge is 0.110 e. The summed E-state index contributed by atoms with van der Waals surface area (Å²) >= 11 is 7.53. The molecular weight excluding hydrogens is 278 g/mol. The van der Waals surface area contributed by atoms with Crippen molar-refractivity contribution in [1.29, 1.82) is 5.26 Å². The Kier molecular flexibility index (Phi) is 4.31. The van der Waals surface area contributed by atoms with Gasteiger partial charge in [0.15, 0.2) is 0 Å². The summed E-state index contributed by atoms with van der Waals surface area (Å²) in [6, 6.07) is 11.7. The summed E-state index contributed by atoms with van der Waals surface area (Å²) in [6.07, 6.45) is 0. The summed E-state index contributed by atoms with van der Waals surface area (Å²) in [4.78, 5) is 3.89. The number of halogens is 1. The summed E-state index contributed by atoms with van der Waals surface area (Å²) in [5, 5.41) is 12.9. The molecule has 0 bridgehead atoms. The lowest BCUT2D eigenvalue weighted by Gasteiger charge is -2.18. The van der Waals surface area contributed by atoms with Gasteiger partial charge in [-0.25, -0.2) is 0 Å². The summed E-state index contributed by atoms with van der Waals surface area (Å²) in [5.74, 6) is 0. The lowest BCUT2D eigenvalue weighted by Crippen LogP contribution is -2.11. The molecule has 2 aromatic rings. The lowest BCUT2D eigenvalue weighted by molar-refractivity contribution is 1.11. The van der Waals surface area contributed by atoms with E-state index in [1.54, 1.807) is 0 Å². The molecule has 1 aromatic carbocycles. The molecule has 1 heterocycles. The van der Waals surface area contributed by atoms with Gasteiger partial charge in [0.25, 0.3) is 0 Å². The monoisotopic (exact) mass is 291 g/mol. The van der Waals surface area contributed by atoms with Crippen LogP contribution in [-0.2, 0) is 6.54 Å². The second kappa shape index (κ2) is 5.96. The Bertz CT molecular complexity index is 613. The van der Waals surface area contributed by atoms with Crippen LogP contribution in [0, 0.1) is 11.3 Å². The molecule has 3 nitrogen and oxygen atoms in total. The molecule has 0 saturated heterocycles. The Morgan fingerprint density at radius 2 is 2.11 bits per heavy atom. The predicted octanol–water partition coefficient (Wildman–Crippen LogP) is 3.95. The first-order valence-corrected chi connectivity index (χ1v) is 6.99. The van der Waals surface area contributed by atoms with Crippen LogP contribution in [0.2, 0.25) is 5.02 Å². The van der Waals surface area contributed by atoms with Crippen molar-refractivity contribution in [1.82, 2.24) is 0 Å². The SMILES string of the molecule is CN(C)c1ccc(Cl)cc1NCc1ccc(C#N)s1. The first-order valence-electron chi connectivity index (χ1n) is 5.79. The zero-order valence-electron chi connectivity index (χ0n) is 10.8. The van der Waals surface area contributed by atoms with Gasteiger partial charge in [-0.2, -0.15) is 5.26 Å². The highest BCUT2D eigenvalue weighted by Crippen LogP contribution is 2.28. The molecule has 0 atom stereocenters. The van der Waals surface area contributed by atoms with Crippen LogP contribution in [0.4, 0.5) is 11.4 Å². The maximum atomic E-state index is 8.81. The van der Waals surface area contributed by atoms with Crippen LogP contribution in [-0.4, -0.2) is 14.1 Å². The van der Waals surface area contributed by atoms with Crippen LogP contribution < -0.4 is 10.2 Å². The minimum atomic E-state index is 0.688. The van der Waals surface area contributed by atoms with Crippen LogP contribution in [0.5, 0.6) is 0 Å². The summed E-state index contributed by atoms with van der Waals surface area (Å²) < 4.78 is 0. The average Bonchev–Trinajstić information content (AvgIpc) is 2.84. The number of hydrogen-bond donors (Lipinski definition) is 1. The fraction of sp³-hybridized carbons (Fsp3) is 0.214. The van der Waals surface area contributed by atoms with E-state index in [0.717, 1.165) is 21.1 Å². The molecule has 98 valence electrons. The normalized spacial score (nSPS) is 10.0. The predicted molar refractivity (Wildman–Crippen MR) is 82.1 cm³/mol. The molecule has 0 spiro atoms. The highest BCUT2D eigenvalue weighted by Gasteiger charge is 2.06. The third-order valence-corrected chi connectivity index (χ3v) is 3.89. The van der Waals surface area contributed by atoms with Crippen molar-refractivity contribution in [3.63, 3.8) is 0 Å². The van der Waals surface area contributed by atoms with E-state index >= 15 is 0 Å². The van der Waals surface area contributed by atoms with E-state index in [1.807, 2.05) is 49.3 Å². The molecule has 0 aliphatic rings. The Morgan fingerprint density at radius 3 is 2.74 bits per heavy atom. The Labute approximate surface area is 122 Å². The molecule has 19 heavy (non-hydrogen) atoms. The third kappa shape index (κ3) is 3.40. The van der Waals surface area contributed by atoms with Crippen molar-refractivity contribution in [2.45, 2.75) is 6.54 Å². The minimum Gasteiger partial charge on any atom is -0.378 e. The van der Waals surface area contributed by atoms with Gasteiger partial charge in [0.2, 0.25) is 0 Å². The van der Waals surface area contributed by atoms with E-state index < -0.39 is 0 Å². The van der Waals surface area contributed by atoms with Gasteiger partial charge in [0.1, 0.15) is 10.9 Å². The fourth-order valence-electron chi connectivity index (χ4n) is 1.76. The molecular formula is C14H14ClN3S. The summed E-state index contributed by atoms with van der Waals surface area (Å²) in [7, 11) is 3.99. The number of anilines is 2. The first kappa shape index (κ1) is 13.7. The molecule has 0 amide bonds. The topological polar surface area (TPSA) is 39.1 Å². The number of benzene rings is 1. The van der Waals surface area contributed by atoms with E-state index in [2.05, 4.69) is 11.4 Å². The van der Waals surface area contributed by atoms with Gasteiger partial charge in [-0.1, -0.05) is 11.6 Å². The average molecular weight is 292 g/mol. The number of nitrogens with one attached hydrogen (secondary N) is 1. The first-order chi connectivity index (χ1) is 9.10. The van der Waals surface area contributed by atoms with Gasteiger partial charge in [-0.05, 0) is 30.3 Å². The summed E-state index contributed by atoms with van der Waals surface area (Å²) in [6.45, 7) is 0.688. The largest absolute Gasteiger partial charge is 0.378 e. The molecule has 1 aromatic heterocycles. The Balaban J connectivity index is 2.14. The lowest BCUT2D eigenvalue weighted by atomic mass is 10.2. The van der Waals surface area contributed by atoms with Gasteiger partial charge in [-0.15, -0.1) is 11.3 Å². The molecule has 0 aliphatic heterocycles. The van der Waals surface area contributed by atoms with Crippen molar-refractivity contribution >= 4 is 34.3 Å². The van der Waals surface area contributed by atoms with E-state index in [9.17, 15) is 0 Å². The number of nitrogens with zero attached hydrogens (tertiary/aromatic N) is 2.